The molecular weight excluding hydrogens is 552 g/mol. The number of nitrogens with one attached hydrogen (secondary N) is 2. The van der Waals surface area contributed by atoms with E-state index in [1.54, 1.807) is 29.8 Å². The summed E-state index contributed by atoms with van der Waals surface area (Å²) in [5.74, 6) is -2.28. The second kappa shape index (κ2) is 10.5. The van der Waals surface area contributed by atoms with Crippen LogP contribution in [0.2, 0.25) is 0 Å². The molecule has 3 amide bonds. The molecule has 0 unspecified atom stereocenters. The van der Waals surface area contributed by atoms with E-state index in [2.05, 4.69) is 20.5 Å². The molecule has 3 heterocycles. The highest BCUT2D eigenvalue weighted by atomic mass is 32.2. The number of amides is 3. The minimum Gasteiger partial charge on any atom is -0.325 e. The highest BCUT2D eigenvalue weighted by molar-refractivity contribution is 7.91. The quantitative estimate of drug-likeness (QED) is 0.347. The number of halogens is 2. The van der Waals surface area contributed by atoms with Crippen LogP contribution in [-0.2, 0) is 27.8 Å². The van der Waals surface area contributed by atoms with Gasteiger partial charge in [-0.1, -0.05) is 0 Å². The van der Waals surface area contributed by atoms with Gasteiger partial charge in [0.05, 0.1) is 21.9 Å². The van der Waals surface area contributed by atoms with Crippen LogP contribution in [0.5, 0.6) is 0 Å². The number of aromatic nitrogens is 3. The molecule has 0 saturated carbocycles. The van der Waals surface area contributed by atoms with Crippen molar-refractivity contribution >= 4 is 55.2 Å². The average Bonchev–Trinajstić information content (AvgIpc) is 3.53. The molecule has 1 atom stereocenters. The maximum absolute atomic E-state index is 13.9. The Hall–Kier alpha value is -4.24. The Morgan fingerprint density at radius 1 is 1.15 bits per heavy atom. The van der Waals surface area contributed by atoms with Crippen molar-refractivity contribution < 1.29 is 26.8 Å². The monoisotopic (exact) mass is 573 g/mol. The molecule has 2 aromatic carbocycles. The number of fused-ring (bicyclic) bond motifs is 2. The van der Waals surface area contributed by atoms with Gasteiger partial charge in [-0.05, 0) is 48.4 Å². The number of hydrogen-bond donors (Lipinski definition) is 2. The SMILES string of the molecule is CN(C(=O)[C@H](Cc1cc(F)cc(F)c1)NC(=O)NS(=O)(=O)N1CCc2ccnnc21)c1ccc2scnc2c1. The number of hydrogen-bond acceptors (Lipinski definition) is 8. The normalized spacial score (nSPS) is 13.7. The number of benzene rings is 2. The first kappa shape index (κ1) is 26.4. The first-order chi connectivity index (χ1) is 18.6. The molecule has 15 heteroatoms. The lowest BCUT2D eigenvalue weighted by Crippen LogP contribution is -2.54. The van der Waals surface area contributed by atoms with Crippen LogP contribution in [0.4, 0.5) is 25.1 Å². The summed E-state index contributed by atoms with van der Waals surface area (Å²) >= 11 is 1.43. The summed E-state index contributed by atoms with van der Waals surface area (Å²) < 4.78 is 57.3. The van der Waals surface area contributed by atoms with Gasteiger partial charge in [0.2, 0.25) is 5.91 Å². The third-order valence-corrected chi connectivity index (χ3v) is 8.30. The first-order valence-corrected chi connectivity index (χ1v) is 13.9. The maximum Gasteiger partial charge on any atom is 0.330 e. The lowest BCUT2D eigenvalue weighted by atomic mass is 10.0. The molecule has 0 saturated heterocycles. The van der Waals surface area contributed by atoms with Crippen molar-refractivity contribution in [3.05, 3.63) is 76.9 Å². The highest BCUT2D eigenvalue weighted by Gasteiger charge is 2.34. The molecule has 39 heavy (non-hydrogen) atoms. The van der Waals surface area contributed by atoms with Crippen LogP contribution in [0.3, 0.4) is 0 Å². The maximum atomic E-state index is 13.9. The lowest BCUT2D eigenvalue weighted by molar-refractivity contribution is -0.120. The van der Waals surface area contributed by atoms with E-state index in [1.165, 1.54) is 29.5 Å². The fourth-order valence-electron chi connectivity index (χ4n) is 4.26. The van der Waals surface area contributed by atoms with Crippen molar-refractivity contribution in [2.45, 2.75) is 18.9 Å². The number of nitrogens with zero attached hydrogens (tertiary/aromatic N) is 5. The zero-order chi connectivity index (χ0) is 27.7. The molecule has 11 nitrogen and oxygen atoms in total. The number of anilines is 2. The van der Waals surface area contributed by atoms with E-state index in [0.29, 0.717) is 29.3 Å². The number of carbonyl (C=O) groups is 2. The van der Waals surface area contributed by atoms with Crippen molar-refractivity contribution in [3.8, 4) is 0 Å². The fraction of sp³-hybridized carbons (Fsp3) is 0.208. The number of rotatable bonds is 7. The predicted molar refractivity (Wildman–Crippen MR) is 141 cm³/mol. The molecule has 1 aliphatic heterocycles. The van der Waals surface area contributed by atoms with Crippen LogP contribution in [0.25, 0.3) is 10.2 Å². The molecule has 1 aliphatic rings. The Balaban J connectivity index is 1.38. The molecule has 0 bridgehead atoms. The third-order valence-electron chi connectivity index (χ3n) is 6.11. The van der Waals surface area contributed by atoms with Crippen LogP contribution in [0.15, 0.2) is 54.2 Å². The largest absolute Gasteiger partial charge is 0.330 e. The van der Waals surface area contributed by atoms with Crippen molar-refractivity contribution in [1.29, 1.82) is 0 Å². The zero-order valence-electron chi connectivity index (χ0n) is 20.3. The van der Waals surface area contributed by atoms with Crippen LogP contribution in [-0.4, -0.2) is 55.2 Å². The van der Waals surface area contributed by atoms with E-state index >= 15 is 0 Å². The topological polar surface area (TPSA) is 137 Å². The Kier molecular flexibility index (Phi) is 7.10. The van der Waals surface area contributed by atoms with Gasteiger partial charge in [-0.25, -0.2) is 27.6 Å². The second-order valence-electron chi connectivity index (χ2n) is 8.72. The fourth-order valence-corrected chi connectivity index (χ4v) is 6.03. The van der Waals surface area contributed by atoms with Gasteiger partial charge in [0.15, 0.2) is 5.82 Å². The predicted octanol–water partition coefficient (Wildman–Crippen LogP) is 2.55. The minimum absolute atomic E-state index is 0.0450. The van der Waals surface area contributed by atoms with Gasteiger partial charge in [0, 0.05) is 37.3 Å². The molecule has 2 aromatic heterocycles. The van der Waals surface area contributed by atoms with E-state index in [4.69, 9.17) is 0 Å². The van der Waals surface area contributed by atoms with Gasteiger partial charge >= 0.3 is 16.2 Å². The summed E-state index contributed by atoms with van der Waals surface area (Å²) in [6.45, 7) is 0.0450. The summed E-state index contributed by atoms with van der Waals surface area (Å²) in [5, 5.41) is 9.88. The Bertz CT molecular complexity index is 1660. The first-order valence-electron chi connectivity index (χ1n) is 11.6. The standard InChI is InChI=1S/C24H21F2N7O4S2/c1-32(18-2-3-21-19(12-18)27-13-38-21)23(34)20(10-14-8-16(25)11-17(26)9-14)29-24(35)31-39(36,37)33-7-5-15-4-6-28-30-22(15)33/h2-4,6,8-9,11-13,20H,5,7,10H2,1H3,(H2,29,31,35)/t20-/m0/s1. The molecule has 0 spiro atoms. The highest BCUT2D eigenvalue weighted by Crippen LogP contribution is 2.26. The molecule has 0 fully saturated rings. The Morgan fingerprint density at radius 2 is 1.92 bits per heavy atom. The van der Waals surface area contributed by atoms with Crippen molar-refractivity contribution in [2.75, 3.05) is 22.8 Å². The summed E-state index contributed by atoms with van der Waals surface area (Å²) in [6, 6.07) is 6.93. The minimum atomic E-state index is -4.40. The molecule has 0 aliphatic carbocycles. The van der Waals surface area contributed by atoms with E-state index in [9.17, 15) is 26.8 Å². The molecule has 2 N–H and O–H groups in total. The summed E-state index contributed by atoms with van der Waals surface area (Å²) in [4.78, 5) is 31.9. The summed E-state index contributed by atoms with van der Waals surface area (Å²) in [5.41, 5.74) is 3.51. The number of thiazole rings is 1. The van der Waals surface area contributed by atoms with Crippen LogP contribution < -0.4 is 19.2 Å². The van der Waals surface area contributed by atoms with E-state index in [0.717, 1.165) is 21.1 Å². The molecular formula is C24H21F2N7O4S2. The van der Waals surface area contributed by atoms with Crippen LogP contribution in [0.1, 0.15) is 11.1 Å². The van der Waals surface area contributed by atoms with Crippen molar-refractivity contribution in [1.82, 2.24) is 25.2 Å². The third kappa shape index (κ3) is 5.63. The van der Waals surface area contributed by atoms with Gasteiger partial charge in [0.1, 0.15) is 17.7 Å². The van der Waals surface area contributed by atoms with Crippen molar-refractivity contribution in [3.63, 3.8) is 0 Å². The van der Waals surface area contributed by atoms with Gasteiger partial charge in [-0.3, -0.25) is 4.79 Å². The second-order valence-corrected chi connectivity index (χ2v) is 11.2. The molecule has 202 valence electrons. The van der Waals surface area contributed by atoms with Gasteiger partial charge in [0.25, 0.3) is 0 Å². The summed E-state index contributed by atoms with van der Waals surface area (Å²) in [7, 11) is -2.94. The molecule has 5 rings (SSSR count). The van der Waals surface area contributed by atoms with E-state index < -0.39 is 39.8 Å². The van der Waals surface area contributed by atoms with Gasteiger partial charge in [-0.2, -0.15) is 13.5 Å². The number of carbonyl (C=O) groups excluding carboxylic acids is 2. The average molecular weight is 574 g/mol. The van der Waals surface area contributed by atoms with Crippen molar-refractivity contribution in [2.24, 2.45) is 0 Å². The Morgan fingerprint density at radius 3 is 2.69 bits per heavy atom. The summed E-state index contributed by atoms with van der Waals surface area (Å²) in [6.07, 6.45) is 1.50. The molecule has 4 aromatic rings. The number of urea groups is 1. The van der Waals surface area contributed by atoms with Gasteiger partial charge < -0.3 is 10.2 Å². The molecule has 0 radical (unpaired) electrons. The van der Waals surface area contributed by atoms with Gasteiger partial charge in [-0.15, -0.1) is 16.4 Å². The van der Waals surface area contributed by atoms with Crippen LogP contribution >= 0.6 is 11.3 Å². The smallest absolute Gasteiger partial charge is 0.325 e. The van der Waals surface area contributed by atoms with E-state index in [-0.39, 0.29) is 24.3 Å². The van der Waals surface area contributed by atoms with Crippen LogP contribution in [0, 0.1) is 11.6 Å². The van der Waals surface area contributed by atoms with E-state index in [1.807, 2.05) is 4.72 Å². The lowest BCUT2D eigenvalue weighted by Gasteiger charge is -2.26. The Labute approximate surface area is 225 Å². The number of likely N-dealkylation sites (N-methyl/N-ethyl adjacent to an activating group) is 1. The zero-order valence-corrected chi connectivity index (χ0v) is 22.0.